The van der Waals surface area contributed by atoms with E-state index in [1.807, 2.05) is 62.4 Å². The quantitative estimate of drug-likeness (QED) is 0.138. The van der Waals surface area contributed by atoms with Crippen molar-refractivity contribution in [3.05, 3.63) is 96.6 Å². The number of hydrogen-bond donors (Lipinski definition) is 0. The van der Waals surface area contributed by atoms with Gasteiger partial charge in [-0.15, -0.1) is 6.58 Å². The van der Waals surface area contributed by atoms with Gasteiger partial charge in [0, 0.05) is 6.42 Å². The third-order valence-electron chi connectivity index (χ3n) is 6.74. The minimum absolute atomic E-state index is 0.201. The van der Waals surface area contributed by atoms with Crippen LogP contribution in [0.1, 0.15) is 74.7 Å². The van der Waals surface area contributed by atoms with Crippen molar-refractivity contribution >= 4 is 17.5 Å². The van der Waals surface area contributed by atoms with Crippen LogP contribution in [-0.4, -0.2) is 30.8 Å². The highest BCUT2D eigenvalue weighted by atomic mass is 16.6. The molecule has 0 bridgehead atoms. The number of carbonyl (C=O) groups is 2. The van der Waals surface area contributed by atoms with Gasteiger partial charge in [-0.3, -0.25) is 0 Å². The molecule has 0 amide bonds. The Balaban J connectivity index is 1.64. The summed E-state index contributed by atoms with van der Waals surface area (Å²) in [7, 11) is 0. The second-order valence-electron chi connectivity index (χ2n) is 9.82. The highest BCUT2D eigenvalue weighted by Gasteiger charge is 2.43. The van der Waals surface area contributed by atoms with Crippen molar-refractivity contribution in [1.82, 2.24) is 0 Å². The monoisotopic (exact) mass is 516 g/mol. The summed E-state index contributed by atoms with van der Waals surface area (Å²) < 4.78 is 17.3. The Hall–Kier alpha value is -3.60. The van der Waals surface area contributed by atoms with Crippen LogP contribution in [0, 0.1) is 5.92 Å². The minimum atomic E-state index is -1.51. The summed E-state index contributed by atoms with van der Waals surface area (Å²) in [6.07, 6.45) is 13.9. The zero-order chi connectivity index (χ0) is 27.2. The maximum absolute atomic E-state index is 13.2. The van der Waals surface area contributed by atoms with Gasteiger partial charge in [0.2, 0.25) is 5.60 Å². The van der Waals surface area contributed by atoms with Gasteiger partial charge in [0.1, 0.15) is 5.75 Å². The minimum Gasteiger partial charge on any atom is -0.494 e. The Morgan fingerprint density at radius 2 is 1.76 bits per heavy atom. The topological polar surface area (TPSA) is 61.8 Å². The Morgan fingerprint density at radius 1 is 1.03 bits per heavy atom. The Labute approximate surface area is 227 Å². The molecule has 3 rings (SSSR count). The molecule has 0 saturated carbocycles. The summed E-state index contributed by atoms with van der Waals surface area (Å²) in [5, 5.41) is 0. The van der Waals surface area contributed by atoms with Crippen molar-refractivity contribution < 1.29 is 23.8 Å². The van der Waals surface area contributed by atoms with Crippen molar-refractivity contribution in [3.63, 3.8) is 0 Å². The number of esters is 2. The Morgan fingerprint density at radius 3 is 2.42 bits per heavy atom. The van der Waals surface area contributed by atoms with Crippen LogP contribution in [0.2, 0.25) is 0 Å². The molecule has 0 fully saturated rings. The summed E-state index contributed by atoms with van der Waals surface area (Å²) >= 11 is 0. The van der Waals surface area contributed by atoms with Crippen molar-refractivity contribution in [2.24, 2.45) is 5.92 Å². The normalized spacial score (nSPS) is 17.3. The van der Waals surface area contributed by atoms with E-state index in [2.05, 4.69) is 6.58 Å². The van der Waals surface area contributed by atoms with Crippen LogP contribution < -0.4 is 4.74 Å². The number of carbonyl (C=O) groups excluding carboxylic acids is 2. The fraction of sp³-hybridized carbons (Fsp3) is 0.394. The number of allylic oxidation sites excluding steroid dienone is 3. The molecule has 0 heterocycles. The molecule has 2 aromatic rings. The van der Waals surface area contributed by atoms with E-state index in [0.717, 1.165) is 49.7 Å². The molecule has 2 aromatic carbocycles. The molecule has 5 nitrogen and oxygen atoms in total. The molecule has 2 atom stereocenters. The predicted molar refractivity (Wildman–Crippen MR) is 152 cm³/mol. The molecule has 0 N–H and O–H groups in total. The molecular weight excluding hydrogens is 476 g/mol. The van der Waals surface area contributed by atoms with E-state index >= 15 is 0 Å². The third kappa shape index (κ3) is 8.47. The SMILES string of the molecule is C=CCCCCCCOc1ccc(C(=O)OC2(C(=O)OCC(C)CC)C=CC(c3ccccc3)=CC2)cc1. The number of hydrogen-bond acceptors (Lipinski definition) is 5. The number of benzene rings is 2. The molecule has 0 saturated heterocycles. The fourth-order valence-corrected chi connectivity index (χ4v) is 4.04. The average molecular weight is 517 g/mol. The van der Waals surface area contributed by atoms with Crippen LogP contribution >= 0.6 is 0 Å². The number of unbranched alkanes of at least 4 members (excludes halogenated alkanes) is 4. The van der Waals surface area contributed by atoms with Gasteiger partial charge < -0.3 is 14.2 Å². The molecule has 2 unspecified atom stereocenters. The van der Waals surface area contributed by atoms with E-state index < -0.39 is 17.5 Å². The highest BCUT2D eigenvalue weighted by molar-refractivity contribution is 5.95. The van der Waals surface area contributed by atoms with Crippen LogP contribution in [0.15, 0.2) is 85.5 Å². The molecule has 0 aromatic heterocycles. The predicted octanol–water partition coefficient (Wildman–Crippen LogP) is 7.73. The molecule has 0 radical (unpaired) electrons. The van der Waals surface area contributed by atoms with Gasteiger partial charge in [0.25, 0.3) is 0 Å². The summed E-state index contributed by atoms with van der Waals surface area (Å²) in [6, 6.07) is 16.7. The van der Waals surface area contributed by atoms with Gasteiger partial charge >= 0.3 is 11.9 Å². The van der Waals surface area contributed by atoms with Gasteiger partial charge in [-0.2, -0.15) is 0 Å². The summed E-state index contributed by atoms with van der Waals surface area (Å²) in [4.78, 5) is 26.4. The van der Waals surface area contributed by atoms with E-state index in [0.29, 0.717) is 17.9 Å². The fourth-order valence-electron chi connectivity index (χ4n) is 4.04. The first kappa shape index (κ1) is 29.0. The van der Waals surface area contributed by atoms with Gasteiger partial charge in [0.05, 0.1) is 18.8 Å². The average Bonchev–Trinajstić information content (AvgIpc) is 2.96. The largest absolute Gasteiger partial charge is 0.494 e. The van der Waals surface area contributed by atoms with Crippen LogP contribution in [-0.2, 0) is 14.3 Å². The van der Waals surface area contributed by atoms with E-state index in [4.69, 9.17) is 14.2 Å². The molecular formula is C33H40O5. The first-order valence-corrected chi connectivity index (χ1v) is 13.7. The van der Waals surface area contributed by atoms with E-state index in [1.165, 1.54) is 0 Å². The molecule has 38 heavy (non-hydrogen) atoms. The maximum Gasteiger partial charge on any atom is 0.355 e. The number of rotatable bonds is 15. The summed E-state index contributed by atoms with van der Waals surface area (Å²) in [5.74, 6) is -0.225. The lowest BCUT2D eigenvalue weighted by molar-refractivity contribution is -0.162. The summed E-state index contributed by atoms with van der Waals surface area (Å²) in [5.41, 5.74) is 0.837. The number of ether oxygens (including phenoxy) is 3. The molecule has 5 heteroatoms. The molecule has 202 valence electrons. The van der Waals surface area contributed by atoms with Crippen molar-refractivity contribution in [1.29, 1.82) is 0 Å². The van der Waals surface area contributed by atoms with Crippen LogP contribution in [0.4, 0.5) is 0 Å². The lowest BCUT2D eigenvalue weighted by Crippen LogP contribution is -2.44. The molecule has 0 aliphatic heterocycles. The smallest absolute Gasteiger partial charge is 0.355 e. The second-order valence-corrected chi connectivity index (χ2v) is 9.82. The summed E-state index contributed by atoms with van der Waals surface area (Å²) in [6.45, 7) is 8.71. The second kappa shape index (κ2) is 15.0. The van der Waals surface area contributed by atoms with Gasteiger partial charge in [-0.25, -0.2) is 9.59 Å². The van der Waals surface area contributed by atoms with Crippen LogP contribution in [0.5, 0.6) is 5.75 Å². The van der Waals surface area contributed by atoms with Gasteiger partial charge in [0.15, 0.2) is 0 Å². The van der Waals surface area contributed by atoms with Crippen LogP contribution in [0.3, 0.4) is 0 Å². The van der Waals surface area contributed by atoms with Crippen molar-refractivity contribution in [3.8, 4) is 5.75 Å². The van der Waals surface area contributed by atoms with Crippen molar-refractivity contribution in [2.75, 3.05) is 13.2 Å². The Kier molecular flexibility index (Phi) is 11.4. The van der Waals surface area contributed by atoms with E-state index in [1.54, 1.807) is 30.3 Å². The lowest BCUT2D eigenvalue weighted by Gasteiger charge is -2.30. The van der Waals surface area contributed by atoms with E-state index in [-0.39, 0.29) is 18.9 Å². The first-order valence-electron chi connectivity index (χ1n) is 13.7. The molecule has 0 spiro atoms. The zero-order valence-electron chi connectivity index (χ0n) is 22.7. The standard InChI is InChI=1S/C33H40O5/c1-4-6-7-8-9-13-24-36-30-18-16-29(17-19-30)31(34)38-33(32(35)37-25-26(3)5-2)22-20-28(21-23-33)27-14-11-10-12-15-27/h4,10-12,14-22,26H,1,5-9,13,23-25H2,2-3H3. The first-order chi connectivity index (χ1) is 18.5. The zero-order valence-corrected chi connectivity index (χ0v) is 22.7. The van der Waals surface area contributed by atoms with E-state index in [9.17, 15) is 9.59 Å². The van der Waals surface area contributed by atoms with Crippen molar-refractivity contribution in [2.45, 2.75) is 64.4 Å². The molecule has 1 aliphatic rings. The van der Waals surface area contributed by atoms with Crippen LogP contribution in [0.25, 0.3) is 5.57 Å². The maximum atomic E-state index is 13.2. The Bertz CT molecular complexity index is 1100. The highest BCUT2D eigenvalue weighted by Crippen LogP contribution is 2.32. The molecule has 1 aliphatic carbocycles. The van der Waals surface area contributed by atoms with Gasteiger partial charge in [-0.05, 0) is 66.7 Å². The van der Waals surface area contributed by atoms with Gasteiger partial charge in [-0.1, -0.05) is 81.7 Å². The lowest BCUT2D eigenvalue weighted by atomic mass is 9.89. The third-order valence-corrected chi connectivity index (χ3v) is 6.74.